The van der Waals surface area contributed by atoms with E-state index in [4.69, 9.17) is 4.55 Å². The van der Waals surface area contributed by atoms with Gasteiger partial charge in [0, 0.05) is 0 Å². The first-order valence-corrected chi connectivity index (χ1v) is 3.65. The van der Waals surface area contributed by atoms with Crippen molar-refractivity contribution in [1.29, 1.82) is 0 Å². The first-order valence-electron chi connectivity index (χ1n) is 2.15. The summed E-state index contributed by atoms with van der Waals surface area (Å²) in [6.45, 7) is -0.225. The summed E-state index contributed by atoms with van der Waals surface area (Å²) in [5.41, 5.74) is 0. The number of hydrogen-bond acceptors (Lipinski definition) is 4. The standard InChI is InChI=1S/C3H4O5S/c4-3-2(1-8-3)9(5,6)7/h2H,1H2,(H,5,6,7). The van der Waals surface area contributed by atoms with E-state index in [0.717, 1.165) is 0 Å². The Morgan fingerprint density at radius 2 is 2.22 bits per heavy atom. The minimum absolute atomic E-state index is 0.225. The molecule has 0 radical (unpaired) electrons. The predicted molar refractivity (Wildman–Crippen MR) is 26.3 cm³/mol. The summed E-state index contributed by atoms with van der Waals surface area (Å²) in [5.74, 6) is -0.877. The molecule has 0 aromatic heterocycles. The maximum atomic E-state index is 10.1. The third kappa shape index (κ3) is 1.03. The second-order valence-electron chi connectivity index (χ2n) is 1.63. The number of esters is 1. The van der Waals surface area contributed by atoms with Crippen LogP contribution in [0.4, 0.5) is 0 Å². The van der Waals surface area contributed by atoms with Gasteiger partial charge in [-0.1, -0.05) is 0 Å². The number of carbonyl (C=O) groups is 1. The first kappa shape index (κ1) is 6.50. The van der Waals surface area contributed by atoms with Crippen LogP contribution in [-0.2, 0) is 19.6 Å². The molecule has 0 aliphatic carbocycles. The van der Waals surface area contributed by atoms with Gasteiger partial charge in [-0.05, 0) is 0 Å². The molecule has 52 valence electrons. The zero-order valence-corrected chi connectivity index (χ0v) is 5.09. The van der Waals surface area contributed by atoms with Gasteiger partial charge < -0.3 is 4.74 Å². The van der Waals surface area contributed by atoms with Gasteiger partial charge in [-0.15, -0.1) is 0 Å². The molecule has 1 rings (SSSR count). The quantitative estimate of drug-likeness (QED) is 0.377. The van der Waals surface area contributed by atoms with Crippen molar-refractivity contribution in [2.24, 2.45) is 0 Å². The molecule has 1 unspecified atom stereocenters. The molecule has 0 amide bonds. The normalized spacial score (nSPS) is 26.8. The van der Waals surface area contributed by atoms with Crippen LogP contribution in [0, 0.1) is 0 Å². The average molecular weight is 152 g/mol. The third-order valence-electron chi connectivity index (χ3n) is 0.999. The Balaban J connectivity index is 2.77. The lowest BCUT2D eigenvalue weighted by molar-refractivity contribution is -0.156. The molecule has 1 atom stereocenters. The molecule has 9 heavy (non-hydrogen) atoms. The number of rotatable bonds is 1. The van der Waals surface area contributed by atoms with Gasteiger partial charge in [-0.3, -0.25) is 9.35 Å². The van der Waals surface area contributed by atoms with Crippen molar-refractivity contribution in [2.75, 3.05) is 6.61 Å². The van der Waals surface area contributed by atoms with Gasteiger partial charge in [-0.25, -0.2) is 0 Å². The molecular weight excluding hydrogens is 148 g/mol. The highest BCUT2D eigenvalue weighted by Crippen LogP contribution is 2.11. The molecule has 0 saturated carbocycles. The molecule has 5 nitrogen and oxygen atoms in total. The molecule has 6 heteroatoms. The molecule has 1 aliphatic rings. The summed E-state index contributed by atoms with van der Waals surface area (Å²) < 4.78 is 32.4. The number of ether oxygens (including phenoxy) is 1. The minimum atomic E-state index is -4.19. The van der Waals surface area contributed by atoms with Crippen molar-refractivity contribution in [3.63, 3.8) is 0 Å². The molecule has 0 aromatic carbocycles. The van der Waals surface area contributed by atoms with E-state index in [1.54, 1.807) is 0 Å². The van der Waals surface area contributed by atoms with E-state index in [9.17, 15) is 13.2 Å². The highest BCUT2D eigenvalue weighted by molar-refractivity contribution is 7.87. The maximum absolute atomic E-state index is 10.1. The van der Waals surface area contributed by atoms with Crippen molar-refractivity contribution < 1.29 is 22.5 Å². The SMILES string of the molecule is O=C1OCC1S(=O)(=O)O. The van der Waals surface area contributed by atoms with Crippen LogP contribution in [0.15, 0.2) is 0 Å². The van der Waals surface area contributed by atoms with Crippen LogP contribution in [-0.4, -0.2) is 30.8 Å². The van der Waals surface area contributed by atoms with E-state index in [-0.39, 0.29) is 6.61 Å². The summed E-state index contributed by atoms with van der Waals surface area (Å²) in [7, 11) is -4.19. The Morgan fingerprint density at radius 1 is 1.67 bits per heavy atom. The fraction of sp³-hybridized carbons (Fsp3) is 0.667. The fourth-order valence-corrected chi connectivity index (χ4v) is 0.978. The highest BCUT2D eigenvalue weighted by Gasteiger charge is 2.41. The van der Waals surface area contributed by atoms with Crippen molar-refractivity contribution >= 4 is 16.1 Å². The maximum Gasteiger partial charge on any atom is 0.330 e. The fourth-order valence-electron chi connectivity index (χ4n) is 0.427. The Kier molecular flexibility index (Phi) is 1.21. The molecule has 0 spiro atoms. The van der Waals surface area contributed by atoms with Crippen LogP contribution in [0.2, 0.25) is 0 Å². The molecule has 1 N–H and O–H groups in total. The van der Waals surface area contributed by atoms with Gasteiger partial charge in [0.2, 0.25) is 5.25 Å². The second kappa shape index (κ2) is 1.68. The van der Waals surface area contributed by atoms with Gasteiger partial charge in [0.25, 0.3) is 10.1 Å². The van der Waals surface area contributed by atoms with Crippen molar-refractivity contribution in [3.8, 4) is 0 Å². The summed E-state index contributed by atoms with van der Waals surface area (Å²) in [4.78, 5) is 10.1. The largest absolute Gasteiger partial charge is 0.462 e. The second-order valence-corrected chi connectivity index (χ2v) is 3.23. The van der Waals surface area contributed by atoms with Gasteiger partial charge in [0.05, 0.1) is 0 Å². The van der Waals surface area contributed by atoms with Gasteiger partial charge in [0.1, 0.15) is 6.61 Å². The highest BCUT2D eigenvalue weighted by atomic mass is 32.2. The van der Waals surface area contributed by atoms with E-state index >= 15 is 0 Å². The predicted octanol–water partition coefficient (Wildman–Crippen LogP) is -1.20. The summed E-state index contributed by atoms with van der Waals surface area (Å²) >= 11 is 0. The molecule has 1 heterocycles. The Morgan fingerprint density at radius 3 is 2.22 bits per heavy atom. The van der Waals surface area contributed by atoms with Crippen LogP contribution >= 0.6 is 0 Å². The number of carbonyl (C=O) groups excluding carboxylic acids is 1. The molecule has 0 aromatic rings. The van der Waals surface area contributed by atoms with Crippen LogP contribution in [0.5, 0.6) is 0 Å². The number of hydrogen-bond donors (Lipinski definition) is 1. The van der Waals surface area contributed by atoms with E-state index < -0.39 is 21.3 Å². The van der Waals surface area contributed by atoms with Crippen LogP contribution in [0.1, 0.15) is 0 Å². The van der Waals surface area contributed by atoms with Crippen LogP contribution < -0.4 is 0 Å². The zero-order chi connectivity index (χ0) is 7.07. The molecular formula is C3H4O5S. The van der Waals surface area contributed by atoms with Crippen molar-refractivity contribution in [3.05, 3.63) is 0 Å². The van der Waals surface area contributed by atoms with E-state index in [1.807, 2.05) is 0 Å². The smallest absolute Gasteiger partial charge is 0.330 e. The topological polar surface area (TPSA) is 80.7 Å². The summed E-state index contributed by atoms with van der Waals surface area (Å²) in [5, 5.41) is -1.34. The third-order valence-corrected chi connectivity index (χ3v) is 2.05. The summed E-state index contributed by atoms with van der Waals surface area (Å²) in [6, 6.07) is 0. The monoisotopic (exact) mass is 152 g/mol. The minimum Gasteiger partial charge on any atom is -0.462 e. The molecule has 0 bridgehead atoms. The van der Waals surface area contributed by atoms with E-state index in [1.165, 1.54) is 0 Å². The van der Waals surface area contributed by atoms with Crippen LogP contribution in [0.3, 0.4) is 0 Å². The van der Waals surface area contributed by atoms with E-state index in [0.29, 0.717) is 0 Å². The Bertz CT molecular complexity index is 227. The van der Waals surface area contributed by atoms with Crippen molar-refractivity contribution in [1.82, 2.24) is 0 Å². The van der Waals surface area contributed by atoms with Crippen molar-refractivity contribution in [2.45, 2.75) is 5.25 Å². The van der Waals surface area contributed by atoms with Gasteiger partial charge in [-0.2, -0.15) is 8.42 Å². The number of cyclic esters (lactones) is 1. The van der Waals surface area contributed by atoms with Crippen LogP contribution in [0.25, 0.3) is 0 Å². The average Bonchev–Trinajstić information content (AvgIpc) is 1.57. The van der Waals surface area contributed by atoms with Gasteiger partial charge >= 0.3 is 5.97 Å². The molecule has 1 aliphatic heterocycles. The lowest BCUT2D eigenvalue weighted by Gasteiger charge is -2.20. The Labute approximate surface area is 51.4 Å². The lowest BCUT2D eigenvalue weighted by Crippen LogP contribution is -2.45. The first-order chi connectivity index (χ1) is 4.02. The summed E-state index contributed by atoms with van der Waals surface area (Å²) in [6.07, 6.45) is 0. The zero-order valence-electron chi connectivity index (χ0n) is 4.27. The van der Waals surface area contributed by atoms with E-state index in [2.05, 4.69) is 4.74 Å². The molecule has 1 saturated heterocycles. The molecule has 1 fully saturated rings. The van der Waals surface area contributed by atoms with Gasteiger partial charge in [0.15, 0.2) is 0 Å². The lowest BCUT2D eigenvalue weighted by atomic mass is 10.4. The Hall–Kier alpha value is -0.620.